The van der Waals surface area contributed by atoms with E-state index in [2.05, 4.69) is 10.6 Å². The molecule has 0 bridgehead atoms. The van der Waals surface area contributed by atoms with Crippen molar-refractivity contribution in [1.29, 1.82) is 0 Å². The van der Waals surface area contributed by atoms with Crippen LogP contribution in [0, 0.1) is 0 Å². The summed E-state index contributed by atoms with van der Waals surface area (Å²) < 4.78 is 11.3. The van der Waals surface area contributed by atoms with Crippen molar-refractivity contribution in [3.05, 3.63) is 0 Å². The molecular formula is C10H18N2O4S3. The van der Waals surface area contributed by atoms with E-state index >= 15 is 0 Å². The van der Waals surface area contributed by atoms with Gasteiger partial charge in [0.1, 0.15) is 10.4 Å². The lowest BCUT2D eigenvalue weighted by molar-refractivity contribution is -0.140. The molecule has 0 aromatic rings. The van der Waals surface area contributed by atoms with E-state index in [0.717, 1.165) is 18.2 Å². The summed E-state index contributed by atoms with van der Waals surface area (Å²) in [4.78, 5) is 21.7. The lowest BCUT2D eigenvalue weighted by Gasteiger charge is -2.13. The molecule has 0 saturated carbocycles. The Bertz CT molecular complexity index is 363. The van der Waals surface area contributed by atoms with Gasteiger partial charge in [-0.3, -0.25) is 9.00 Å². The molecule has 0 radical (unpaired) electrons. The van der Waals surface area contributed by atoms with Gasteiger partial charge >= 0.3 is 5.97 Å². The molecule has 0 rings (SSSR count). The van der Waals surface area contributed by atoms with Gasteiger partial charge in [-0.25, -0.2) is 4.79 Å². The van der Waals surface area contributed by atoms with E-state index in [4.69, 9.17) is 17.3 Å². The zero-order valence-electron chi connectivity index (χ0n) is 10.8. The minimum absolute atomic E-state index is 0.167. The van der Waals surface area contributed by atoms with Gasteiger partial charge in [-0.05, 0) is 6.42 Å². The summed E-state index contributed by atoms with van der Waals surface area (Å²) in [5.74, 6) is -0.714. The summed E-state index contributed by atoms with van der Waals surface area (Å²) in [5, 5.41) is 14.2. The minimum atomic E-state index is -1.09. The van der Waals surface area contributed by atoms with Crippen molar-refractivity contribution in [3.8, 4) is 0 Å². The average Bonchev–Trinajstić information content (AvgIpc) is 2.29. The molecule has 1 amide bonds. The molecule has 0 aromatic heterocycles. The summed E-state index contributed by atoms with van der Waals surface area (Å²) >= 11 is 6.18. The Morgan fingerprint density at radius 1 is 1.47 bits per heavy atom. The van der Waals surface area contributed by atoms with Crippen LogP contribution in [-0.4, -0.2) is 55.9 Å². The third-order valence-electron chi connectivity index (χ3n) is 1.93. The maximum Gasteiger partial charge on any atom is 0.327 e. The highest BCUT2D eigenvalue weighted by molar-refractivity contribution is 8.23. The average molecular weight is 326 g/mol. The van der Waals surface area contributed by atoms with Crippen LogP contribution in [0.25, 0.3) is 0 Å². The van der Waals surface area contributed by atoms with Crippen molar-refractivity contribution in [2.45, 2.75) is 19.4 Å². The first kappa shape index (κ1) is 18.3. The van der Waals surface area contributed by atoms with Gasteiger partial charge in [0.15, 0.2) is 0 Å². The van der Waals surface area contributed by atoms with Crippen LogP contribution in [0.15, 0.2) is 0 Å². The summed E-state index contributed by atoms with van der Waals surface area (Å²) in [7, 11) is -0.820. The number of carbonyl (C=O) groups excluding carboxylic acids is 1. The number of nitrogens with one attached hydrogen (secondary N) is 2. The van der Waals surface area contributed by atoms with Crippen LogP contribution in [0.1, 0.15) is 13.3 Å². The molecule has 0 aromatic carbocycles. The van der Waals surface area contributed by atoms with Gasteiger partial charge in [0.05, 0.1) is 0 Å². The third kappa shape index (κ3) is 10.9. The molecule has 0 aliphatic heterocycles. The first-order valence-electron chi connectivity index (χ1n) is 5.53. The molecule has 1 unspecified atom stereocenters. The molecular weight excluding hydrogens is 308 g/mol. The van der Waals surface area contributed by atoms with Gasteiger partial charge < -0.3 is 15.7 Å². The quantitative estimate of drug-likeness (QED) is 0.425. The van der Waals surface area contributed by atoms with E-state index in [1.54, 1.807) is 6.26 Å². The first-order valence-corrected chi connectivity index (χ1v) is 8.65. The molecule has 2 atom stereocenters. The van der Waals surface area contributed by atoms with Gasteiger partial charge in [-0.2, -0.15) is 0 Å². The molecule has 6 nitrogen and oxygen atoms in total. The van der Waals surface area contributed by atoms with E-state index in [9.17, 15) is 13.8 Å². The number of hydrogen-bond donors (Lipinski definition) is 3. The Balaban J connectivity index is 3.88. The molecule has 9 heteroatoms. The molecule has 0 heterocycles. The summed E-state index contributed by atoms with van der Waals surface area (Å²) in [5.41, 5.74) is 0. The summed E-state index contributed by atoms with van der Waals surface area (Å²) in [6.07, 6.45) is 2.37. The van der Waals surface area contributed by atoms with Crippen LogP contribution >= 0.6 is 24.0 Å². The molecule has 19 heavy (non-hydrogen) atoms. The largest absolute Gasteiger partial charge is 0.480 e. The molecule has 110 valence electrons. The van der Waals surface area contributed by atoms with Crippen LogP contribution in [0.2, 0.25) is 0 Å². The number of carboxylic acid groups (broad SMARTS) is 1. The van der Waals surface area contributed by atoms with Crippen LogP contribution < -0.4 is 10.6 Å². The van der Waals surface area contributed by atoms with Gasteiger partial charge in [-0.15, -0.1) is 0 Å². The maximum absolute atomic E-state index is 10.9. The predicted molar refractivity (Wildman–Crippen MR) is 81.8 cm³/mol. The van der Waals surface area contributed by atoms with Crippen molar-refractivity contribution in [1.82, 2.24) is 10.6 Å². The SMILES string of the molecule is CC(=O)N[C@@H](CSC(=S)NCCCS(C)=O)C(=O)O. The monoisotopic (exact) mass is 326 g/mol. The zero-order valence-corrected chi connectivity index (χ0v) is 13.3. The van der Waals surface area contributed by atoms with Gasteiger partial charge in [0.25, 0.3) is 0 Å². The lowest BCUT2D eigenvalue weighted by Crippen LogP contribution is -2.42. The fraction of sp³-hybridized carbons (Fsp3) is 0.700. The number of thiocarbonyl (C=S) groups is 1. The fourth-order valence-electron chi connectivity index (χ4n) is 1.10. The van der Waals surface area contributed by atoms with Crippen molar-refractivity contribution in [3.63, 3.8) is 0 Å². The second kappa shape index (κ2) is 10.2. The molecule has 3 N–H and O–H groups in total. The van der Waals surface area contributed by atoms with E-state index in [1.807, 2.05) is 0 Å². The number of hydrogen-bond acceptors (Lipinski definition) is 5. The highest BCUT2D eigenvalue weighted by Crippen LogP contribution is 2.05. The number of amides is 1. The lowest BCUT2D eigenvalue weighted by atomic mass is 10.3. The molecule has 0 aliphatic rings. The van der Waals surface area contributed by atoms with Crippen LogP contribution in [0.4, 0.5) is 0 Å². The van der Waals surface area contributed by atoms with Gasteiger partial charge in [0.2, 0.25) is 5.91 Å². The second-order valence-corrected chi connectivity index (χ2v) is 7.00. The number of aliphatic carboxylic acids is 1. The third-order valence-corrected chi connectivity index (χ3v) is 4.20. The van der Waals surface area contributed by atoms with E-state index in [-0.39, 0.29) is 5.75 Å². The summed E-state index contributed by atoms with van der Waals surface area (Å²) in [6.45, 7) is 1.87. The van der Waals surface area contributed by atoms with Crippen LogP contribution in [0.3, 0.4) is 0 Å². The number of thioether (sulfide) groups is 1. The highest BCUT2D eigenvalue weighted by atomic mass is 32.2. The Morgan fingerprint density at radius 3 is 2.58 bits per heavy atom. The molecule has 0 fully saturated rings. The van der Waals surface area contributed by atoms with Crippen molar-refractivity contribution in [2.75, 3.05) is 24.3 Å². The molecule has 0 saturated heterocycles. The number of rotatable bonds is 8. The van der Waals surface area contributed by atoms with Crippen LogP contribution in [-0.2, 0) is 20.4 Å². The fourth-order valence-corrected chi connectivity index (χ4v) is 2.70. The molecule has 0 aliphatic carbocycles. The van der Waals surface area contributed by atoms with Crippen molar-refractivity contribution >= 4 is 51.0 Å². The van der Waals surface area contributed by atoms with Crippen molar-refractivity contribution < 1.29 is 18.9 Å². The maximum atomic E-state index is 10.9. The van der Waals surface area contributed by atoms with Gasteiger partial charge in [0, 0.05) is 42.0 Å². The number of carboxylic acids is 1. The Hall–Kier alpha value is -0.670. The van der Waals surface area contributed by atoms with Crippen LogP contribution in [0.5, 0.6) is 0 Å². The Morgan fingerprint density at radius 2 is 2.11 bits per heavy atom. The van der Waals surface area contributed by atoms with Gasteiger partial charge in [-0.1, -0.05) is 24.0 Å². The first-order chi connectivity index (χ1) is 8.82. The second-order valence-electron chi connectivity index (χ2n) is 3.75. The zero-order chi connectivity index (χ0) is 14.8. The van der Waals surface area contributed by atoms with Crippen molar-refractivity contribution in [2.24, 2.45) is 0 Å². The number of carbonyl (C=O) groups is 2. The topological polar surface area (TPSA) is 95.5 Å². The predicted octanol–water partition coefficient (Wildman–Crippen LogP) is -0.0480. The standard InChI is InChI=1S/C10H18N2O4S3/c1-7(13)12-8(9(14)15)6-18-10(17)11-4-3-5-19(2)16/h8H,3-6H2,1-2H3,(H,11,17)(H,12,13)(H,14,15)/t8-,19?/m0/s1. The normalized spacial score (nSPS) is 13.4. The van der Waals surface area contributed by atoms with E-state index in [1.165, 1.54) is 6.92 Å². The smallest absolute Gasteiger partial charge is 0.327 e. The Labute approximate surface area is 124 Å². The highest BCUT2D eigenvalue weighted by Gasteiger charge is 2.18. The summed E-state index contributed by atoms with van der Waals surface area (Å²) in [6, 6.07) is -0.953. The van der Waals surface area contributed by atoms with E-state index < -0.39 is 28.7 Å². The van der Waals surface area contributed by atoms with E-state index in [0.29, 0.717) is 16.6 Å². The Kier molecular flexibility index (Phi) is 9.80. The minimum Gasteiger partial charge on any atom is -0.480 e. The molecule has 0 spiro atoms.